The van der Waals surface area contributed by atoms with E-state index in [-0.39, 0.29) is 16.8 Å². The molecule has 1 aliphatic heterocycles. The van der Waals surface area contributed by atoms with Crippen LogP contribution in [0.2, 0.25) is 0 Å². The van der Waals surface area contributed by atoms with Gasteiger partial charge in [0.15, 0.2) is 6.61 Å². The SMILES string of the molecule is O=C(COC(=O)c1ccc2c(=O)n3c(nc2c1)CCCCCC3)Nc1ccc(C(F)(F)F)cc1. The number of fused-ring (bicyclic) bond motifs is 2. The van der Waals surface area contributed by atoms with Crippen molar-refractivity contribution in [2.45, 2.75) is 44.8 Å². The van der Waals surface area contributed by atoms with Crippen LogP contribution in [0.25, 0.3) is 10.9 Å². The number of esters is 1. The van der Waals surface area contributed by atoms with Gasteiger partial charge in [0.25, 0.3) is 11.5 Å². The summed E-state index contributed by atoms with van der Waals surface area (Å²) in [6.07, 6.45) is 0.211. The first-order valence-corrected chi connectivity index (χ1v) is 10.9. The number of nitrogens with zero attached hydrogens (tertiary/aromatic N) is 2. The highest BCUT2D eigenvalue weighted by Crippen LogP contribution is 2.29. The van der Waals surface area contributed by atoms with Crippen molar-refractivity contribution in [3.8, 4) is 0 Å². The molecule has 7 nitrogen and oxygen atoms in total. The fourth-order valence-electron chi connectivity index (χ4n) is 3.88. The molecule has 0 spiro atoms. The van der Waals surface area contributed by atoms with E-state index >= 15 is 0 Å². The minimum Gasteiger partial charge on any atom is -0.452 e. The molecule has 0 bridgehead atoms. The summed E-state index contributed by atoms with van der Waals surface area (Å²) in [6.45, 7) is -0.00684. The lowest BCUT2D eigenvalue weighted by Crippen LogP contribution is -2.26. The van der Waals surface area contributed by atoms with Crippen molar-refractivity contribution in [1.82, 2.24) is 9.55 Å². The summed E-state index contributed by atoms with van der Waals surface area (Å²) >= 11 is 0. The van der Waals surface area contributed by atoms with Crippen molar-refractivity contribution in [1.29, 1.82) is 0 Å². The minimum absolute atomic E-state index is 0.137. The molecule has 2 heterocycles. The first kappa shape index (κ1) is 23.5. The molecule has 4 rings (SSSR count). The van der Waals surface area contributed by atoms with Gasteiger partial charge in [-0.15, -0.1) is 0 Å². The summed E-state index contributed by atoms with van der Waals surface area (Å²) in [5, 5.41) is 2.77. The zero-order valence-electron chi connectivity index (χ0n) is 18.2. The topological polar surface area (TPSA) is 90.3 Å². The predicted molar refractivity (Wildman–Crippen MR) is 119 cm³/mol. The van der Waals surface area contributed by atoms with Gasteiger partial charge in [-0.25, -0.2) is 9.78 Å². The van der Waals surface area contributed by atoms with Crippen LogP contribution < -0.4 is 10.9 Å². The minimum atomic E-state index is -4.48. The average molecular weight is 473 g/mol. The van der Waals surface area contributed by atoms with Crippen LogP contribution in [0, 0.1) is 0 Å². The molecular formula is C24H22F3N3O4. The van der Waals surface area contributed by atoms with Gasteiger partial charge in [-0.2, -0.15) is 13.2 Å². The number of benzene rings is 2. The Bertz CT molecular complexity index is 1280. The van der Waals surface area contributed by atoms with Crippen molar-refractivity contribution in [3.05, 3.63) is 69.8 Å². The Morgan fingerprint density at radius 2 is 1.76 bits per heavy atom. The van der Waals surface area contributed by atoms with Gasteiger partial charge in [-0.1, -0.05) is 12.8 Å². The number of rotatable bonds is 4. The number of ether oxygens (including phenoxy) is 1. The molecule has 0 atom stereocenters. The first-order valence-electron chi connectivity index (χ1n) is 10.9. The number of carbonyl (C=O) groups is 2. The maximum absolute atomic E-state index is 12.9. The highest BCUT2D eigenvalue weighted by atomic mass is 19.4. The molecule has 0 radical (unpaired) electrons. The number of aryl methyl sites for hydroxylation is 1. The van der Waals surface area contributed by atoms with E-state index in [0.29, 0.717) is 29.7 Å². The van der Waals surface area contributed by atoms with Gasteiger partial charge in [0.05, 0.1) is 22.0 Å². The Labute approximate surface area is 192 Å². The second kappa shape index (κ2) is 9.66. The molecule has 10 heteroatoms. The van der Waals surface area contributed by atoms with Crippen LogP contribution >= 0.6 is 0 Å². The molecule has 0 saturated carbocycles. The fraction of sp³-hybridized carbons (Fsp3) is 0.333. The van der Waals surface area contributed by atoms with E-state index in [1.807, 2.05) is 0 Å². The Morgan fingerprint density at radius 3 is 2.50 bits per heavy atom. The average Bonchev–Trinajstić information content (AvgIpc) is 2.78. The van der Waals surface area contributed by atoms with Gasteiger partial charge in [-0.3, -0.25) is 14.2 Å². The van der Waals surface area contributed by atoms with Crippen LogP contribution in [0.4, 0.5) is 18.9 Å². The Hall–Kier alpha value is -3.69. The van der Waals surface area contributed by atoms with Crippen LogP contribution in [0.5, 0.6) is 0 Å². The van der Waals surface area contributed by atoms with E-state index in [1.54, 1.807) is 4.57 Å². The lowest BCUT2D eigenvalue weighted by molar-refractivity contribution is -0.137. The van der Waals surface area contributed by atoms with Crippen molar-refractivity contribution < 1.29 is 27.5 Å². The highest BCUT2D eigenvalue weighted by Gasteiger charge is 2.30. The number of nitrogens with one attached hydrogen (secondary N) is 1. The second-order valence-corrected chi connectivity index (χ2v) is 8.08. The first-order chi connectivity index (χ1) is 16.2. The van der Waals surface area contributed by atoms with Gasteiger partial charge in [0, 0.05) is 18.7 Å². The van der Waals surface area contributed by atoms with Gasteiger partial charge < -0.3 is 10.1 Å². The predicted octanol–water partition coefficient (Wildman–Crippen LogP) is 4.33. The third-order valence-corrected chi connectivity index (χ3v) is 5.63. The Balaban J connectivity index is 1.43. The van der Waals surface area contributed by atoms with Crippen LogP contribution in [0.1, 0.15) is 47.4 Å². The summed E-state index contributed by atoms with van der Waals surface area (Å²) in [7, 11) is 0. The molecule has 1 N–H and O–H groups in total. The maximum Gasteiger partial charge on any atom is 0.416 e. The largest absolute Gasteiger partial charge is 0.452 e. The maximum atomic E-state index is 12.9. The molecule has 1 amide bonds. The summed E-state index contributed by atoms with van der Waals surface area (Å²) < 4.78 is 44.6. The number of aromatic nitrogens is 2. The van der Waals surface area contributed by atoms with E-state index < -0.39 is 30.2 Å². The zero-order valence-corrected chi connectivity index (χ0v) is 18.2. The van der Waals surface area contributed by atoms with E-state index in [4.69, 9.17) is 4.74 Å². The van der Waals surface area contributed by atoms with Crippen LogP contribution in [-0.4, -0.2) is 28.0 Å². The highest BCUT2D eigenvalue weighted by molar-refractivity contribution is 5.97. The fourth-order valence-corrected chi connectivity index (χ4v) is 3.88. The second-order valence-electron chi connectivity index (χ2n) is 8.08. The molecule has 178 valence electrons. The third kappa shape index (κ3) is 5.27. The van der Waals surface area contributed by atoms with Crippen LogP contribution in [0.3, 0.4) is 0 Å². The Kier molecular flexibility index (Phi) is 6.67. The number of hydrogen-bond donors (Lipinski definition) is 1. The molecule has 34 heavy (non-hydrogen) atoms. The molecule has 1 aliphatic rings. The van der Waals surface area contributed by atoms with E-state index in [2.05, 4.69) is 10.3 Å². The van der Waals surface area contributed by atoms with Crippen LogP contribution in [0.15, 0.2) is 47.3 Å². The molecule has 3 aromatic rings. The van der Waals surface area contributed by atoms with Gasteiger partial charge in [-0.05, 0) is 55.3 Å². The van der Waals surface area contributed by atoms with Crippen molar-refractivity contribution >= 4 is 28.5 Å². The zero-order chi connectivity index (χ0) is 24.3. The van der Waals surface area contributed by atoms with Crippen molar-refractivity contribution in [2.75, 3.05) is 11.9 Å². The normalized spacial score (nSPS) is 14.1. The summed E-state index contributed by atoms with van der Waals surface area (Å²) in [6, 6.07) is 8.34. The number of hydrogen-bond acceptors (Lipinski definition) is 5. The molecule has 2 aromatic carbocycles. The smallest absolute Gasteiger partial charge is 0.416 e. The van der Waals surface area contributed by atoms with E-state index in [0.717, 1.165) is 49.9 Å². The molecule has 0 unspecified atom stereocenters. The standard InChI is InChI=1S/C24H22F3N3O4/c25-24(26,27)16-7-9-17(10-8-16)28-21(31)14-34-23(33)15-6-11-18-19(13-15)29-20-5-3-1-2-4-12-30(20)22(18)32/h6-11,13H,1-5,12,14H2,(H,28,31). The molecular weight excluding hydrogens is 451 g/mol. The monoisotopic (exact) mass is 473 g/mol. The summed E-state index contributed by atoms with van der Waals surface area (Å²) in [5.41, 5.74) is -0.314. The van der Waals surface area contributed by atoms with Crippen molar-refractivity contribution in [3.63, 3.8) is 0 Å². The van der Waals surface area contributed by atoms with Gasteiger partial charge >= 0.3 is 12.1 Å². The van der Waals surface area contributed by atoms with Crippen LogP contribution in [-0.2, 0) is 28.7 Å². The number of halogens is 3. The molecule has 0 aliphatic carbocycles. The lowest BCUT2D eigenvalue weighted by Gasteiger charge is -2.16. The Morgan fingerprint density at radius 1 is 1.03 bits per heavy atom. The molecule has 0 saturated heterocycles. The number of carbonyl (C=O) groups excluding carboxylic acids is 2. The van der Waals surface area contributed by atoms with E-state index in [1.165, 1.54) is 18.2 Å². The number of alkyl halides is 3. The lowest BCUT2D eigenvalue weighted by atomic mass is 10.1. The quantitative estimate of drug-likeness (QED) is 0.570. The molecule has 1 aromatic heterocycles. The van der Waals surface area contributed by atoms with E-state index in [9.17, 15) is 27.6 Å². The number of anilines is 1. The van der Waals surface area contributed by atoms with Gasteiger partial charge in [0.1, 0.15) is 5.82 Å². The van der Waals surface area contributed by atoms with Crippen molar-refractivity contribution in [2.24, 2.45) is 0 Å². The summed E-state index contributed by atoms with van der Waals surface area (Å²) in [5.74, 6) is -0.789. The number of amides is 1. The molecule has 0 fully saturated rings. The summed E-state index contributed by atoms with van der Waals surface area (Å²) in [4.78, 5) is 41.9. The third-order valence-electron chi connectivity index (χ3n) is 5.63. The van der Waals surface area contributed by atoms with Gasteiger partial charge in [0.2, 0.25) is 0 Å².